The predicted octanol–water partition coefficient (Wildman–Crippen LogP) is 5.22. The summed E-state index contributed by atoms with van der Waals surface area (Å²) in [6, 6.07) is 7.95. The minimum absolute atomic E-state index is 0.0216. The third-order valence-electron chi connectivity index (χ3n) is 3.27. The molecular formula is C18H30ClNO. The fraction of sp³-hybridized carbons (Fsp3) is 0.667. The van der Waals surface area contributed by atoms with Gasteiger partial charge in [0.25, 0.3) is 0 Å². The summed E-state index contributed by atoms with van der Waals surface area (Å²) in [5.74, 6) is 0.627. The van der Waals surface area contributed by atoms with Gasteiger partial charge in [0.1, 0.15) is 0 Å². The molecule has 0 aliphatic heterocycles. The highest BCUT2D eigenvalue weighted by atomic mass is 35.5. The summed E-state index contributed by atoms with van der Waals surface area (Å²) in [5, 5.41) is 4.30. The van der Waals surface area contributed by atoms with Crippen LogP contribution in [0.3, 0.4) is 0 Å². The molecule has 1 aromatic rings. The summed E-state index contributed by atoms with van der Waals surface area (Å²) in [5.41, 5.74) is 1.12. The molecule has 3 heteroatoms. The van der Waals surface area contributed by atoms with E-state index in [4.69, 9.17) is 16.3 Å². The van der Waals surface area contributed by atoms with Crippen LogP contribution in [0.15, 0.2) is 24.3 Å². The highest BCUT2D eigenvalue weighted by molar-refractivity contribution is 6.31. The predicted molar refractivity (Wildman–Crippen MR) is 92.0 cm³/mol. The van der Waals surface area contributed by atoms with Gasteiger partial charge >= 0.3 is 0 Å². The number of nitrogens with one attached hydrogen (secondary N) is 1. The molecule has 1 rings (SSSR count). The van der Waals surface area contributed by atoms with E-state index in [-0.39, 0.29) is 17.7 Å². The Morgan fingerprint density at radius 1 is 1.14 bits per heavy atom. The van der Waals surface area contributed by atoms with Crippen LogP contribution in [-0.2, 0) is 4.74 Å². The lowest BCUT2D eigenvalue weighted by molar-refractivity contribution is -0.0151. The van der Waals surface area contributed by atoms with Crippen LogP contribution < -0.4 is 5.32 Å². The zero-order valence-electron chi connectivity index (χ0n) is 14.2. The van der Waals surface area contributed by atoms with Gasteiger partial charge < -0.3 is 10.1 Å². The maximum absolute atomic E-state index is 6.35. The highest BCUT2D eigenvalue weighted by Gasteiger charge is 2.21. The van der Waals surface area contributed by atoms with Gasteiger partial charge in [-0.25, -0.2) is 0 Å². The van der Waals surface area contributed by atoms with Gasteiger partial charge in [0.2, 0.25) is 0 Å². The topological polar surface area (TPSA) is 21.3 Å². The van der Waals surface area contributed by atoms with Gasteiger partial charge in [-0.2, -0.15) is 0 Å². The number of hydrogen-bond acceptors (Lipinski definition) is 2. The van der Waals surface area contributed by atoms with Gasteiger partial charge in [0, 0.05) is 22.7 Å². The Hall–Kier alpha value is -0.570. The zero-order valence-corrected chi connectivity index (χ0v) is 15.0. The summed E-state index contributed by atoms with van der Waals surface area (Å²) in [6.45, 7) is 13.8. The number of ether oxygens (including phenoxy) is 1. The molecule has 1 aromatic carbocycles. The van der Waals surface area contributed by atoms with Crippen LogP contribution in [0.2, 0.25) is 5.02 Å². The van der Waals surface area contributed by atoms with Crippen LogP contribution in [-0.4, -0.2) is 18.2 Å². The monoisotopic (exact) mass is 311 g/mol. The molecule has 2 unspecified atom stereocenters. The van der Waals surface area contributed by atoms with Crippen molar-refractivity contribution in [2.24, 2.45) is 5.92 Å². The molecule has 0 radical (unpaired) electrons. The van der Waals surface area contributed by atoms with Crippen LogP contribution in [0, 0.1) is 5.92 Å². The molecule has 21 heavy (non-hydrogen) atoms. The third-order valence-corrected chi connectivity index (χ3v) is 3.61. The van der Waals surface area contributed by atoms with Crippen molar-refractivity contribution in [1.82, 2.24) is 5.32 Å². The number of hydrogen-bond donors (Lipinski definition) is 1. The van der Waals surface area contributed by atoms with Crippen molar-refractivity contribution in [1.29, 1.82) is 0 Å². The van der Waals surface area contributed by atoms with Crippen molar-refractivity contribution in [3.8, 4) is 0 Å². The number of halogens is 1. The van der Waals surface area contributed by atoms with Crippen LogP contribution >= 0.6 is 11.6 Å². The molecule has 0 spiro atoms. The van der Waals surface area contributed by atoms with E-state index in [2.05, 4.69) is 52.9 Å². The zero-order chi connectivity index (χ0) is 16.0. The van der Waals surface area contributed by atoms with Gasteiger partial charge in [0.05, 0.1) is 12.2 Å². The second-order valence-corrected chi connectivity index (χ2v) is 7.62. The highest BCUT2D eigenvalue weighted by Crippen LogP contribution is 2.27. The van der Waals surface area contributed by atoms with E-state index in [0.29, 0.717) is 5.92 Å². The van der Waals surface area contributed by atoms with Crippen LogP contribution in [0.5, 0.6) is 0 Å². The van der Waals surface area contributed by atoms with E-state index in [0.717, 1.165) is 23.6 Å². The lowest BCUT2D eigenvalue weighted by atomic mass is 10.0. The molecule has 2 atom stereocenters. The molecule has 0 saturated carbocycles. The Balaban J connectivity index is 2.82. The molecule has 0 bridgehead atoms. The largest absolute Gasteiger partial charge is 0.369 e. The quantitative estimate of drug-likeness (QED) is 0.745. The Kier molecular flexibility index (Phi) is 7.19. The molecule has 0 aliphatic carbocycles. The smallest absolute Gasteiger partial charge is 0.0967 e. The van der Waals surface area contributed by atoms with Gasteiger partial charge in [-0.1, -0.05) is 43.6 Å². The first-order valence-corrected chi connectivity index (χ1v) is 8.21. The molecule has 1 N–H and O–H groups in total. The second kappa shape index (κ2) is 8.17. The van der Waals surface area contributed by atoms with Crippen molar-refractivity contribution < 1.29 is 4.74 Å². The van der Waals surface area contributed by atoms with Crippen LogP contribution in [0.25, 0.3) is 0 Å². The average molecular weight is 312 g/mol. The van der Waals surface area contributed by atoms with Crippen molar-refractivity contribution in [2.75, 3.05) is 6.54 Å². The lowest BCUT2D eigenvalue weighted by Gasteiger charge is -2.29. The van der Waals surface area contributed by atoms with Crippen LogP contribution in [0.1, 0.15) is 59.6 Å². The van der Waals surface area contributed by atoms with E-state index in [1.807, 2.05) is 18.2 Å². The van der Waals surface area contributed by atoms with E-state index in [1.54, 1.807) is 0 Å². The van der Waals surface area contributed by atoms with Gasteiger partial charge in [-0.05, 0) is 46.1 Å². The summed E-state index contributed by atoms with van der Waals surface area (Å²) in [6.07, 6.45) is 1.25. The molecule has 0 fully saturated rings. The molecule has 0 saturated heterocycles. The molecule has 0 aliphatic rings. The fourth-order valence-electron chi connectivity index (χ4n) is 2.37. The standard InChI is InChI=1S/C18H30ClNO/c1-13(2)11-14(3)21-17(12-20-18(4,5)6)15-9-7-8-10-16(15)19/h7-10,13-14,17,20H,11-12H2,1-6H3. The fourth-order valence-corrected chi connectivity index (χ4v) is 2.62. The average Bonchev–Trinajstić information content (AvgIpc) is 2.33. The Morgan fingerprint density at radius 3 is 2.29 bits per heavy atom. The molecular weight excluding hydrogens is 282 g/mol. The first-order chi connectivity index (χ1) is 9.69. The summed E-state index contributed by atoms with van der Waals surface area (Å²) < 4.78 is 6.28. The van der Waals surface area contributed by atoms with Crippen molar-refractivity contribution in [3.63, 3.8) is 0 Å². The first kappa shape index (κ1) is 18.5. The van der Waals surface area contributed by atoms with E-state index >= 15 is 0 Å². The molecule has 0 aromatic heterocycles. The molecule has 2 nitrogen and oxygen atoms in total. The van der Waals surface area contributed by atoms with Crippen molar-refractivity contribution in [2.45, 2.75) is 65.7 Å². The number of benzene rings is 1. The van der Waals surface area contributed by atoms with E-state index in [9.17, 15) is 0 Å². The SMILES string of the molecule is CC(C)CC(C)OC(CNC(C)(C)C)c1ccccc1Cl. The van der Waals surface area contributed by atoms with E-state index in [1.165, 1.54) is 0 Å². The Labute approximate surface area is 135 Å². The Bertz CT molecular complexity index is 425. The summed E-state index contributed by atoms with van der Waals surface area (Å²) >= 11 is 6.35. The first-order valence-electron chi connectivity index (χ1n) is 7.84. The minimum atomic E-state index is -0.0216. The summed E-state index contributed by atoms with van der Waals surface area (Å²) in [7, 11) is 0. The maximum Gasteiger partial charge on any atom is 0.0967 e. The molecule has 0 amide bonds. The lowest BCUT2D eigenvalue weighted by Crippen LogP contribution is -2.39. The summed E-state index contributed by atoms with van der Waals surface area (Å²) in [4.78, 5) is 0. The second-order valence-electron chi connectivity index (χ2n) is 7.22. The number of rotatable bonds is 7. The minimum Gasteiger partial charge on any atom is -0.369 e. The third kappa shape index (κ3) is 7.30. The van der Waals surface area contributed by atoms with Gasteiger partial charge in [-0.15, -0.1) is 0 Å². The van der Waals surface area contributed by atoms with Gasteiger partial charge in [0.15, 0.2) is 0 Å². The maximum atomic E-state index is 6.35. The molecule has 0 heterocycles. The normalized spacial score (nSPS) is 15.2. The Morgan fingerprint density at radius 2 is 1.76 bits per heavy atom. The van der Waals surface area contributed by atoms with Gasteiger partial charge in [-0.3, -0.25) is 0 Å². The van der Waals surface area contributed by atoms with Crippen molar-refractivity contribution in [3.05, 3.63) is 34.9 Å². The van der Waals surface area contributed by atoms with E-state index < -0.39 is 0 Å². The van der Waals surface area contributed by atoms with Crippen LogP contribution in [0.4, 0.5) is 0 Å². The van der Waals surface area contributed by atoms with Crippen molar-refractivity contribution >= 4 is 11.6 Å². The molecule has 120 valence electrons.